The summed E-state index contributed by atoms with van der Waals surface area (Å²) >= 11 is 0. The summed E-state index contributed by atoms with van der Waals surface area (Å²) in [5, 5.41) is 0. The molecule has 2 unspecified atom stereocenters. The molecule has 0 heterocycles. The molecule has 2 atom stereocenters. The largest absolute Gasteiger partial charge is 0.509 e. The number of rotatable bonds is 2. The smallest absolute Gasteiger partial charge is 0.428 e. The zero-order valence-electron chi connectivity index (χ0n) is 14.1. The van der Waals surface area contributed by atoms with Crippen molar-refractivity contribution in [3.63, 3.8) is 0 Å². The second-order valence-corrected chi connectivity index (χ2v) is 7.20. The van der Waals surface area contributed by atoms with E-state index in [0.717, 1.165) is 64.2 Å². The van der Waals surface area contributed by atoms with E-state index in [1.54, 1.807) is 0 Å². The first-order valence-corrected chi connectivity index (χ1v) is 8.73. The summed E-state index contributed by atoms with van der Waals surface area (Å²) in [6.07, 6.45) is 18.3. The summed E-state index contributed by atoms with van der Waals surface area (Å²) in [5.74, 6) is 0. The van der Waals surface area contributed by atoms with E-state index in [1.165, 1.54) is 0 Å². The van der Waals surface area contributed by atoms with Gasteiger partial charge >= 0.3 is 6.16 Å². The van der Waals surface area contributed by atoms with Crippen LogP contribution in [0.25, 0.3) is 0 Å². The van der Waals surface area contributed by atoms with Gasteiger partial charge < -0.3 is 9.47 Å². The van der Waals surface area contributed by atoms with Crippen molar-refractivity contribution in [3.8, 4) is 0 Å². The third kappa shape index (κ3) is 5.51. The quantitative estimate of drug-likeness (QED) is 0.485. The molecule has 0 aliphatic heterocycles. The van der Waals surface area contributed by atoms with Gasteiger partial charge in [0.05, 0.1) is 0 Å². The van der Waals surface area contributed by atoms with Crippen LogP contribution in [-0.4, -0.2) is 17.4 Å². The normalized spacial score (nSPS) is 33.2. The third-order valence-corrected chi connectivity index (χ3v) is 4.74. The number of ether oxygens (including phenoxy) is 2. The van der Waals surface area contributed by atoms with E-state index in [4.69, 9.17) is 9.47 Å². The van der Waals surface area contributed by atoms with Crippen LogP contribution in [0.1, 0.15) is 78.1 Å². The van der Waals surface area contributed by atoms with E-state index in [-0.39, 0.29) is 0 Å². The molecule has 2 rings (SSSR count). The lowest BCUT2D eigenvalue weighted by Gasteiger charge is -2.33. The van der Waals surface area contributed by atoms with Crippen LogP contribution in [0.15, 0.2) is 24.3 Å². The van der Waals surface area contributed by atoms with Gasteiger partial charge in [0.2, 0.25) is 0 Å². The molecule has 0 fully saturated rings. The first kappa shape index (κ1) is 17.1. The molecule has 0 aromatic heterocycles. The predicted octanol–water partition coefficient (Wildman–Crippen LogP) is 5.70. The van der Waals surface area contributed by atoms with Crippen molar-refractivity contribution in [1.82, 2.24) is 0 Å². The minimum atomic E-state index is -0.507. The summed E-state index contributed by atoms with van der Waals surface area (Å²) < 4.78 is 11.4. The Bertz CT molecular complexity index is 388. The molecule has 0 aromatic carbocycles. The van der Waals surface area contributed by atoms with E-state index < -0.39 is 17.4 Å². The second kappa shape index (κ2) is 7.85. The lowest BCUT2D eigenvalue weighted by atomic mass is 9.91. The van der Waals surface area contributed by atoms with Gasteiger partial charge in [-0.3, -0.25) is 0 Å². The zero-order chi connectivity index (χ0) is 15.9. The van der Waals surface area contributed by atoms with Crippen molar-refractivity contribution in [2.24, 2.45) is 0 Å². The van der Waals surface area contributed by atoms with Gasteiger partial charge in [0, 0.05) is 12.8 Å². The molecule has 0 bridgehead atoms. The lowest BCUT2D eigenvalue weighted by Crippen LogP contribution is -2.37. The van der Waals surface area contributed by atoms with E-state index in [0.29, 0.717) is 0 Å². The Hall–Kier alpha value is -1.25. The molecular formula is C19H30O3. The van der Waals surface area contributed by atoms with Crippen molar-refractivity contribution in [2.75, 3.05) is 0 Å². The molecule has 22 heavy (non-hydrogen) atoms. The summed E-state index contributed by atoms with van der Waals surface area (Å²) in [7, 11) is 0. The molecule has 3 nitrogen and oxygen atoms in total. The number of allylic oxidation sites excluding steroid dienone is 2. The van der Waals surface area contributed by atoms with Crippen molar-refractivity contribution in [1.29, 1.82) is 0 Å². The van der Waals surface area contributed by atoms with Gasteiger partial charge in [-0.15, -0.1) is 0 Å². The van der Waals surface area contributed by atoms with Crippen LogP contribution >= 0.6 is 0 Å². The van der Waals surface area contributed by atoms with E-state index >= 15 is 0 Å². The summed E-state index contributed by atoms with van der Waals surface area (Å²) in [6, 6.07) is 0. The molecule has 0 amide bonds. The highest BCUT2D eigenvalue weighted by Crippen LogP contribution is 2.30. The average molecular weight is 306 g/mol. The van der Waals surface area contributed by atoms with Gasteiger partial charge in [-0.1, -0.05) is 24.3 Å². The Morgan fingerprint density at radius 2 is 1.23 bits per heavy atom. The van der Waals surface area contributed by atoms with Crippen LogP contribution in [0.4, 0.5) is 4.79 Å². The fourth-order valence-corrected chi connectivity index (χ4v) is 3.24. The molecule has 0 saturated heterocycles. The van der Waals surface area contributed by atoms with E-state index in [1.807, 2.05) is 13.8 Å². The zero-order valence-corrected chi connectivity index (χ0v) is 14.1. The van der Waals surface area contributed by atoms with Gasteiger partial charge in [0.1, 0.15) is 11.2 Å². The van der Waals surface area contributed by atoms with E-state index in [9.17, 15) is 4.79 Å². The molecular weight excluding hydrogens is 276 g/mol. The Morgan fingerprint density at radius 3 is 1.68 bits per heavy atom. The standard InChI is InChI=1S/C19H30O3/c1-18(13-9-5-3-6-10-14-18)21-17(20)22-19(2)15-11-7-4-8-12-16-19/h5,7,9,11H,3-4,6,8,10,12-16H2,1-2H3. The number of carbonyl (C=O) groups is 1. The maximum Gasteiger partial charge on any atom is 0.509 e. The van der Waals surface area contributed by atoms with Gasteiger partial charge in [-0.25, -0.2) is 4.79 Å². The lowest BCUT2D eigenvalue weighted by molar-refractivity contribution is -0.0751. The fourth-order valence-electron chi connectivity index (χ4n) is 3.24. The highest BCUT2D eigenvalue weighted by molar-refractivity contribution is 5.61. The SMILES string of the molecule is CC1(OC(=O)OC2(C)CC=CCCCC2)CC=CCCCC1. The maximum atomic E-state index is 12.3. The molecule has 2 aliphatic rings. The third-order valence-electron chi connectivity index (χ3n) is 4.74. The minimum absolute atomic E-state index is 0.429. The van der Waals surface area contributed by atoms with Gasteiger partial charge in [0.25, 0.3) is 0 Å². The van der Waals surface area contributed by atoms with Crippen LogP contribution in [0.5, 0.6) is 0 Å². The highest BCUT2D eigenvalue weighted by Gasteiger charge is 2.33. The Morgan fingerprint density at radius 1 is 0.773 bits per heavy atom. The first-order chi connectivity index (χ1) is 10.5. The molecule has 0 N–H and O–H groups in total. The van der Waals surface area contributed by atoms with Crippen LogP contribution in [0.3, 0.4) is 0 Å². The first-order valence-electron chi connectivity index (χ1n) is 8.73. The molecule has 0 spiro atoms. The van der Waals surface area contributed by atoms with Crippen molar-refractivity contribution < 1.29 is 14.3 Å². The van der Waals surface area contributed by atoms with Crippen molar-refractivity contribution in [2.45, 2.75) is 89.3 Å². The van der Waals surface area contributed by atoms with Gasteiger partial charge in [-0.2, -0.15) is 0 Å². The molecule has 124 valence electrons. The minimum Gasteiger partial charge on any atom is -0.428 e. The molecule has 0 radical (unpaired) electrons. The van der Waals surface area contributed by atoms with Crippen LogP contribution in [-0.2, 0) is 9.47 Å². The molecule has 3 heteroatoms. The Labute approximate surface area is 134 Å². The van der Waals surface area contributed by atoms with Crippen LogP contribution in [0.2, 0.25) is 0 Å². The van der Waals surface area contributed by atoms with Crippen LogP contribution < -0.4 is 0 Å². The predicted molar refractivity (Wildman–Crippen MR) is 88.8 cm³/mol. The summed E-state index contributed by atoms with van der Waals surface area (Å²) in [6.45, 7) is 4.04. The monoisotopic (exact) mass is 306 g/mol. The fraction of sp³-hybridized carbons (Fsp3) is 0.737. The average Bonchev–Trinajstić information content (AvgIpc) is 2.40. The topological polar surface area (TPSA) is 35.5 Å². The maximum absolute atomic E-state index is 12.3. The molecule has 0 aromatic rings. The number of hydrogen-bond acceptors (Lipinski definition) is 3. The molecule has 2 aliphatic carbocycles. The Kier molecular flexibility index (Phi) is 6.10. The highest BCUT2D eigenvalue weighted by atomic mass is 16.7. The van der Waals surface area contributed by atoms with Gasteiger partial charge in [0.15, 0.2) is 0 Å². The number of hydrogen-bond donors (Lipinski definition) is 0. The van der Waals surface area contributed by atoms with Gasteiger partial charge in [-0.05, 0) is 65.2 Å². The summed E-state index contributed by atoms with van der Waals surface area (Å²) in [5.41, 5.74) is -0.857. The number of carbonyl (C=O) groups excluding carboxylic acids is 1. The van der Waals surface area contributed by atoms with Crippen LogP contribution in [0, 0.1) is 0 Å². The summed E-state index contributed by atoms with van der Waals surface area (Å²) in [4.78, 5) is 12.3. The van der Waals surface area contributed by atoms with Crippen molar-refractivity contribution in [3.05, 3.63) is 24.3 Å². The Balaban J connectivity index is 1.92. The second-order valence-electron chi connectivity index (χ2n) is 7.20. The van der Waals surface area contributed by atoms with E-state index in [2.05, 4.69) is 24.3 Å². The molecule has 0 saturated carbocycles. The van der Waals surface area contributed by atoms with Crippen molar-refractivity contribution >= 4 is 6.16 Å².